The smallest absolute Gasteiger partial charge is 0.241 e. The van der Waals surface area contributed by atoms with Crippen LogP contribution in [0, 0.1) is 0 Å². The summed E-state index contributed by atoms with van der Waals surface area (Å²) in [7, 11) is -3.73. The van der Waals surface area contributed by atoms with Gasteiger partial charge >= 0.3 is 0 Å². The van der Waals surface area contributed by atoms with E-state index in [0.717, 1.165) is 11.1 Å². The number of para-hydroxylation sites is 1. The average molecular weight is 375 g/mol. The number of hydrogen-bond acceptors (Lipinski definition) is 3. The molecule has 2 aromatic rings. The number of nitrogens with one attached hydrogen (secondary N) is 2. The first-order valence-corrected chi connectivity index (χ1v) is 10.2. The Bertz CT molecular complexity index is 857. The Labute approximate surface area is 155 Å². The molecule has 0 unspecified atom stereocenters. The summed E-state index contributed by atoms with van der Waals surface area (Å²) >= 11 is 0. The van der Waals surface area contributed by atoms with E-state index in [4.69, 9.17) is 0 Å². The molecule has 2 N–H and O–H groups in total. The van der Waals surface area contributed by atoms with Crippen LogP contribution in [0.5, 0.6) is 0 Å². The van der Waals surface area contributed by atoms with E-state index < -0.39 is 15.9 Å². The molecular formula is C20H26N2O3S. The Morgan fingerprint density at radius 2 is 1.54 bits per heavy atom. The molecule has 0 heterocycles. The fourth-order valence-corrected chi connectivity index (χ4v) is 3.57. The highest BCUT2D eigenvalue weighted by Gasteiger charge is 2.16. The molecule has 0 saturated heterocycles. The lowest BCUT2D eigenvalue weighted by Gasteiger charge is -2.14. The third kappa shape index (κ3) is 5.16. The minimum Gasteiger partial charge on any atom is -0.325 e. The number of hydrogen-bond donors (Lipinski definition) is 2. The van der Waals surface area contributed by atoms with Crippen LogP contribution in [0.1, 0.15) is 50.7 Å². The van der Waals surface area contributed by atoms with Gasteiger partial charge in [0.25, 0.3) is 0 Å². The molecule has 0 saturated carbocycles. The van der Waals surface area contributed by atoms with Crippen molar-refractivity contribution in [1.82, 2.24) is 4.72 Å². The van der Waals surface area contributed by atoms with Crippen molar-refractivity contribution in [2.24, 2.45) is 0 Å². The number of rotatable bonds is 7. The second-order valence-electron chi connectivity index (χ2n) is 6.84. The van der Waals surface area contributed by atoms with Crippen molar-refractivity contribution in [1.29, 1.82) is 0 Å². The minimum atomic E-state index is -3.73. The fraction of sp³-hybridized carbons (Fsp3) is 0.350. The van der Waals surface area contributed by atoms with Gasteiger partial charge in [0, 0.05) is 5.69 Å². The van der Waals surface area contributed by atoms with Crippen LogP contribution in [-0.2, 0) is 14.8 Å². The molecule has 0 aromatic heterocycles. The molecule has 0 radical (unpaired) electrons. The van der Waals surface area contributed by atoms with Crippen LogP contribution in [0.25, 0.3) is 0 Å². The Balaban J connectivity index is 2.02. The van der Waals surface area contributed by atoms with Crippen molar-refractivity contribution in [2.75, 3.05) is 11.9 Å². The maximum absolute atomic E-state index is 12.4. The lowest BCUT2D eigenvalue weighted by Crippen LogP contribution is -2.33. The molecular weight excluding hydrogens is 348 g/mol. The molecule has 2 aromatic carbocycles. The highest BCUT2D eigenvalue weighted by Crippen LogP contribution is 2.23. The summed E-state index contributed by atoms with van der Waals surface area (Å²) in [6, 6.07) is 14.2. The monoisotopic (exact) mass is 374 g/mol. The summed E-state index contributed by atoms with van der Waals surface area (Å²) in [5.74, 6) is 0.176. The Hall–Kier alpha value is -2.18. The van der Waals surface area contributed by atoms with Crippen LogP contribution in [0.15, 0.2) is 53.4 Å². The highest BCUT2D eigenvalue weighted by atomic mass is 32.2. The molecule has 2 rings (SSSR count). The Morgan fingerprint density at radius 1 is 0.923 bits per heavy atom. The van der Waals surface area contributed by atoms with Crippen molar-refractivity contribution < 1.29 is 13.2 Å². The number of amides is 1. The van der Waals surface area contributed by atoms with E-state index in [0.29, 0.717) is 11.6 Å². The standard InChI is InChI=1S/C20H26N2O3S/c1-14(2)16-9-11-17(12-10-16)26(24,25)21-13-20(23)22-19-8-6-5-7-18(19)15(3)4/h5-12,14-15,21H,13H2,1-4H3,(H,22,23). The zero-order valence-electron chi connectivity index (χ0n) is 15.6. The predicted molar refractivity (Wildman–Crippen MR) is 105 cm³/mol. The number of sulfonamides is 1. The number of benzene rings is 2. The van der Waals surface area contributed by atoms with E-state index in [1.54, 1.807) is 24.3 Å². The summed E-state index contributed by atoms with van der Waals surface area (Å²) in [5.41, 5.74) is 2.77. The number of carbonyl (C=O) groups excluding carboxylic acids is 1. The third-order valence-corrected chi connectivity index (χ3v) is 5.55. The maximum atomic E-state index is 12.4. The summed E-state index contributed by atoms with van der Waals surface area (Å²) in [5, 5.41) is 2.77. The van der Waals surface area contributed by atoms with Gasteiger partial charge in [-0.2, -0.15) is 0 Å². The summed E-state index contributed by atoms with van der Waals surface area (Å²) in [4.78, 5) is 12.3. The van der Waals surface area contributed by atoms with Gasteiger partial charge in [0.2, 0.25) is 15.9 Å². The molecule has 26 heavy (non-hydrogen) atoms. The molecule has 140 valence electrons. The van der Waals surface area contributed by atoms with Crippen LogP contribution in [0.2, 0.25) is 0 Å². The van der Waals surface area contributed by atoms with Gasteiger partial charge in [0.1, 0.15) is 0 Å². The Kier molecular flexibility index (Phi) is 6.56. The van der Waals surface area contributed by atoms with Crippen LogP contribution in [0.4, 0.5) is 5.69 Å². The maximum Gasteiger partial charge on any atom is 0.241 e. The van der Waals surface area contributed by atoms with E-state index in [9.17, 15) is 13.2 Å². The normalized spacial score (nSPS) is 11.8. The largest absolute Gasteiger partial charge is 0.325 e. The SMILES string of the molecule is CC(C)c1ccc(S(=O)(=O)NCC(=O)Nc2ccccc2C(C)C)cc1. The lowest BCUT2D eigenvalue weighted by molar-refractivity contribution is -0.115. The van der Waals surface area contributed by atoms with E-state index in [1.807, 2.05) is 52.0 Å². The molecule has 0 fully saturated rings. The van der Waals surface area contributed by atoms with Gasteiger partial charge in [0.15, 0.2) is 0 Å². The molecule has 1 amide bonds. The van der Waals surface area contributed by atoms with Gasteiger partial charge in [-0.25, -0.2) is 13.1 Å². The molecule has 0 spiro atoms. The van der Waals surface area contributed by atoms with Gasteiger partial charge in [-0.1, -0.05) is 58.0 Å². The number of carbonyl (C=O) groups is 1. The van der Waals surface area contributed by atoms with Gasteiger partial charge in [-0.05, 0) is 41.2 Å². The van der Waals surface area contributed by atoms with E-state index in [-0.39, 0.29) is 17.4 Å². The van der Waals surface area contributed by atoms with Crippen molar-refractivity contribution in [3.63, 3.8) is 0 Å². The first-order chi connectivity index (χ1) is 12.2. The van der Waals surface area contributed by atoms with Crippen molar-refractivity contribution in [2.45, 2.75) is 44.4 Å². The van der Waals surface area contributed by atoms with Crippen LogP contribution >= 0.6 is 0 Å². The molecule has 6 heteroatoms. The zero-order valence-corrected chi connectivity index (χ0v) is 16.4. The van der Waals surface area contributed by atoms with Crippen molar-refractivity contribution in [3.05, 3.63) is 59.7 Å². The Morgan fingerprint density at radius 3 is 2.12 bits per heavy atom. The third-order valence-electron chi connectivity index (χ3n) is 4.14. The second-order valence-corrected chi connectivity index (χ2v) is 8.61. The van der Waals surface area contributed by atoms with E-state index >= 15 is 0 Å². The van der Waals surface area contributed by atoms with Gasteiger partial charge < -0.3 is 5.32 Å². The minimum absolute atomic E-state index is 0.150. The molecule has 0 aliphatic rings. The van der Waals surface area contributed by atoms with Gasteiger partial charge in [-0.3, -0.25) is 4.79 Å². The zero-order chi connectivity index (χ0) is 19.3. The molecule has 5 nitrogen and oxygen atoms in total. The van der Waals surface area contributed by atoms with Crippen LogP contribution in [-0.4, -0.2) is 20.9 Å². The summed E-state index contributed by atoms with van der Waals surface area (Å²) in [6.45, 7) is 7.84. The fourth-order valence-electron chi connectivity index (χ4n) is 2.58. The van der Waals surface area contributed by atoms with Crippen LogP contribution < -0.4 is 10.0 Å². The van der Waals surface area contributed by atoms with Gasteiger partial charge in [0.05, 0.1) is 11.4 Å². The highest BCUT2D eigenvalue weighted by molar-refractivity contribution is 7.89. The average Bonchev–Trinajstić information content (AvgIpc) is 2.60. The molecule has 0 aliphatic carbocycles. The first-order valence-electron chi connectivity index (χ1n) is 8.69. The summed E-state index contributed by atoms with van der Waals surface area (Å²) < 4.78 is 27.1. The lowest BCUT2D eigenvalue weighted by atomic mass is 10.0. The topological polar surface area (TPSA) is 75.3 Å². The van der Waals surface area contributed by atoms with E-state index in [2.05, 4.69) is 10.0 Å². The first kappa shape index (κ1) is 20.1. The predicted octanol–water partition coefficient (Wildman–Crippen LogP) is 3.85. The number of anilines is 1. The quantitative estimate of drug-likeness (QED) is 0.773. The van der Waals surface area contributed by atoms with Crippen molar-refractivity contribution in [3.8, 4) is 0 Å². The molecule has 0 bridgehead atoms. The van der Waals surface area contributed by atoms with Gasteiger partial charge in [-0.15, -0.1) is 0 Å². The molecule has 0 atom stereocenters. The van der Waals surface area contributed by atoms with E-state index in [1.165, 1.54) is 0 Å². The van der Waals surface area contributed by atoms with Crippen molar-refractivity contribution >= 4 is 21.6 Å². The second kappa shape index (κ2) is 8.47. The molecule has 0 aliphatic heterocycles. The summed E-state index contributed by atoms with van der Waals surface area (Å²) in [6.07, 6.45) is 0. The van der Waals surface area contributed by atoms with Crippen LogP contribution in [0.3, 0.4) is 0 Å².